The highest BCUT2D eigenvalue weighted by atomic mass is 32.2. The van der Waals surface area contributed by atoms with Crippen LogP contribution in [0.5, 0.6) is 17.2 Å². The zero-order valence-electron chi connectivity index (χ0n) is 19.4. The van der Waals surface area contributed by atoms with Crippen LogP contribution in [0.2, 0.25) is 0 Å². The number of hydrogen-bond acceptors (Lipinski definition) is 8. The van der Waals surface area contributed by atoms with Gasteiger partial charge in [0.1, 0.15) is 11.3 Å². The molecule has 0 radical (unpaired) electrons. The molecule has 0 spiro atoms. The lowest BCUT2D eigenvalue weighted by molar-refractivity contribution is -0.124. The van der Waals surface area contributed by atoms with Gasteiger partial charge in [0.15, 0.2) is 18.1 Å². The van der Waals surface area contributed by atoms with E-state index in [4.69, 9.17) is 18.9 Å². The quantitative estimate of drug-likeness (QED) is 0.545. The number of nitrogens with one attached hydrogen (secondary N) is 1. The molecule has 11 heteroatoms. The van der Waals surface area contributed by atoms with Gasteiger partial charge in [-0.2, -0.15) is 4.31 Å². The van der Waals surface area contributed by atoms with Crippen LogP contribution in [0.15, 0.2) is 41.3 Å². The summed E-state index contributed by atoms with van der Waals surface area (Å²) in [6.07, 6.45) is 3.57. The van der Waals surface area contributed by atoms with Gasteiger partial charge < -0.3 is 24.3 Å². The minimum Gasteiger partial charge on any atom is -0.496 e. The third kappa shape index (κ3) is 5.85. The maximum atomic E-state index is 13.1. The van der Waals surface area contributed by atoms with Crippen molar-refractivity contribution in [3.05, 3.63) is 47.5 Å². The molecule has 0 bridgehead atoms. The van der Waals surface area contributed by atoms with Crippen molar-refractivity contribution in [2.45, 2.75) is 37.1 Å². The number of sulfonamides is 1. The molecule has 1 N–H and O–H groups in total. The van der Waals surface area contributed by atoms with Crippen LogP contribution < -0.4 is 19.5 Å². The van der Waals surface area contributed by atoms with E-state index in [-0.39, 0.29) is 29.5 Å². The summed E-state index contributed by atoms with van der Waals surface area (Å²) in [5, 5.41) is 2.66. The largest absolute Gasteiger partial charge is 0.496 e. The lowest BCUT2D eigenvalue weighted by Gasteiger charge is -2.20. The molecule has 2 aliphatic heterocycles. The Morgan fingerprint density at radius 2 is 1.74 bits per heavy atom. The van der Waals surface area contributed by atoms with Crippen molar-refractivity contribution >= 4 is 21.9 Å². The fourth-order valence-corrected chi connectivity index (χ4v) is 5.49. The Morgan fingerprint density at radius 1 is 1.00 bits per heavy atom. The Kier molecular flexibility index (Phi) is 7.76. The van der Waals surface area contributed by atoms with Gasteiger partial charge in [0.2, 0.25) is 16.8 Å². The zero-order chi connectivity index (χ0) is 24.8. The third-order valence-electron chi connectivity index (χ3n) is 5.85. The Bertz CT molecular complexity index is 1190. The first kappa shape index (κ1) is 24.8. The normalized spacial score (nSPS) is 15.8. The van der Waals surface area contributed by atoms with Gasteiger partial charge in [-0.3, -0.25) is 4.79 Å². The summed E-state index contributed by atoms with van der Waals surface area (Å²) in [5.41, 5.74) is 0.731. The van der Waals surface area contributed by atoms with Gasteiger partial charge in [0.05, 0.1) is 12.0 Å². The van der Waals surface area contributed by atoms with Gasteiger partial charge in [-0.1, -0.05) is 18.9 Å². The molecule has 188 valence electrons. The summed E-state index contributed by atoms with van der Waals surface area (Å²) in [5.74, 6) is 0.0372. The molecule has 1 amide bonds. The van der Waals surface area contributed by atoms with Crippen molar-refractivity contribution in [3.63, 3.8) is 0 Å². The van der Waals surface area contributed by atoms with Crippen molar-refractivity contribution in [2.75, 3.05) is 33.6 Å². The van der Waals surface area contributed by atoms with E-state index >= 15 is 0 Å². The summed E-state index contributed by atoms with van der Waals surface area (Å²) < 4.78 is 48.6. The number of methoxy groups -OCH3 is 1. The van der Waals surface area contributed by atoms with Gasteiger partial charge in [-0.15, -0.1) is 0 Å². The van der Waals surface area contributed by atoms with E-state index < -0.39 is 28.5 Å². The molecule has 0 saturated carbocycles. The molecule has 2 aromatic carbocycles. The highest BCUT2D eigenvalue weighted by Crippen LogP contribution is 2.32. The monoisotopic (exact) mass is 504 g/mol. The van der Waals surface area contributed by atoms with E-state index in [1.165, 1.54) is 29.6 Å². The van der Waals surface area contributed by atoms with Crippen LogP contribution in [0.3, 0.4) is 0 Å². The minimum absolute atomic E-state index is 0.0144. The third-order valence-corrected chi connectivity index (χ3v) is 7.75. The van der Waals surface area contributed by atoms with Gasteiger partial charge in [0.25, 0.3) is 5.91 Å². The molecule has 2 heterocycles. The van der Waals surface area contributed by atoms with E-state index in [1.54, 1.807) is 18.2 Å². The fourth-order valence-electron chi connectivity index (χ4n) is 3.95. The lowest BCUT2D eigenvalue weighted by Crippen LogP contribution is -2.32. The van der Waals surface area contributed by atoms with E-state index in [1.807, 2.05) is 0 Å². The number of fused-ring (bicyclic) bond motifs is 1. The van der Waals surface area contributed by atoms with Crippen molar-refractivity contribution in [1.29, 1.82) is 0 Å². The number of nitrogens with zero attached hydrogens (tertiary/aromatic N) is 1. The molecule has 0 aromatic heterocycles. The van der Waals surface area contributed by atoms with Crippen LogP contribution >= 0.6 is 0 Å². The van der Waals surface area contributed by atoms with Gasteiger partial charge in [-0.25, -0.2) is 13.2 Å². The Hall–Kier alpha value is -3.31. The molecule has 1 saturated heterocycles. The predicted molar refractivity (Wildman–Crippen MR) is 125 cm³/mol. The van der Waals surface area contributed by atoms with Crippen LogP contribution in [0.25, 0.3) is 0 Å². The smallest absolute Gasteiger partial charge is 0.342 e. The Labute approximate surface area is 204 Å². The highest BCUT2D eigenvalue weighted by molar-refractivity contribution is 7.89. The van der Waals surface area contributed by atoms with E-state index in [9.17, 15) is 18.0 Å². The number of amides is 1. The first-order valence-electron chi connectivity index (χ1n) is 11.4. The summed E-state index contributed by atoms with van der Waals surface area (Å²) in [6.45, 7) is 0.718. The first-order chi connectivity index (χ1) is 16.9. The number of esters is 1. The number of carbonyl (C=O) groups excluding carboxylic acids is 2. The second-order valence-electron chi connectivity index (χ2n) is 8.22. The zero-order valence-corrected chi connectivity index (χ0v) is 20.3. The number of rotatable bonds is 8. The Morgan fingerprint density at radius 3 is 2.49 bits per heavy atom. The highest BCUT2D eigenvalue weighted by Gasteiger charge is 2.27. The average molecular weight is 505 g/mol. The van der Waals surface area contributed by atoms with Crippen LogP contribution in [0.1, 0.15) is 41.6 Å². The van der Waals surface area contributed by atoms with Crippen LogP contribution in [0.4, 0.5) is 0 Å². The van der Waals surface area contributed by atoms with Crippen molar-refractivity contribution in [3.8, 4) is 17.2 Å². The number of benzene rings is 2. The summed E-state index contributed by atoms with van der Waals surface area (Å²) in [7, 11) is -2.40. The van der Waals surface area contributed by atoms with Crippen LogP contribution in [0, 0.1) is 0 Å². The van der Waals surface area contributed by atoms with Crippen molar-refractivity contribution in [1.82, 2.24) is 9.62 Å². The average Bonchev–Trinajstić information content (AvgIpc) is 3.16. The fraction of sp³-hybridized carbons (Fsp3) is 0.417. The molecule has 1 fully saturated rings. The van der Waals surface area contributed by atoms with E-state index in [2.05, 4.69) is 5.32 Å². The molecule has 4 rings (SSSR count). The van der Waals surface area contributed by atoms with Gasteiger partial charge in [0, 0.05) is 19.6 Å². The minimum atomic E-state index is -3.77. The molecule has 2 aromatic rings. The van der Waals surface area contributed by atoms with E-state index in [0.717, 1.165) is 31.2 Å². The van der Waals surface area contributed by atoms with Gasteiger partial charge >= 0.3 is 5.97 Å². The maximum absolute atomic E-state index is 13.1. The number of carbonyl (C=O) groups is 2. The molecule has 0 aliphatic carbocycles. The number of hydrogen-bond donors (Lipinski definition) is 1. The molecule has 0 atom stereocenters. The molecule has 10 nitrogen and oxygen atoms in total. The van der Waals surface area contributed by atoms with Crippen LogP contribution in [-0.4, -0.2) is 58.2 Å². The summed E-state index contributed by atoms with van der Waals surface area (Å²) >= 11 is 0. The second-order valence-corrected chi connectivity index (χ2v) is 10.2. The SMILES string of the molecule is COc1ccc(S(=O)(=O)N2CCCCCC2)cc1C(=O)OCC(=O)NCc1ccc2c(c1)OCO2. The second kappa shape index (κ2) is 11.0. The maximum Gasteiger partial charge on any atom is 0.342 e. The van der Waals surface area contributed by atoms with Crippen LogP contribution in [-0.2, 0) is 26.1 Å². The van der Waals surface area contributed by atoms with Gasteiger partial charge in [-0.05, 0) is 48.7 Å². The van der Waals surface area contributed by atoms with Crippen molar-refractivity contribution in [2.24, 2.45) is 0 Å². The van der Waals surface area contributed by atoms with Crippen molar-refractivity contribution < 1.29 is 37.0 Å². The lowest BCUT2D eigenvalue weighted by atomic mass is 10.2. The standard InChI is InChI=1S/C24H28N2O8S/c1-31-20-9-7-18(35(29,30)26-10-4-2-3-5-11-26)13-19(20)24(28)32-15-23(27)25-14-17-6-8-21-22(12-17)34-16-33-21/h6-9,12-13H,2-5,10-11,14-16H2,1H3,(H,25,27). The molecule has 0 unspecified atom stereocenters. The molecule has 2 aliphatic rings. The molecule has 35 heavy (non-hydrogen) atoms. The first-order valence-corrected chi connectivity index (χ1v) is 12.8. The summed E-state index contributed by atoms with van der Waals surface area (Å²) in [6, 6.07) is 9.38. The van der Waals surface area contributed by atoms with E-state index in [0.29, 0.717) is 24.6 Å². The predicted octanol–water partition coefficient (Wildman–Crippen LogP) is 2.46. The number of ether oxygens (including phenoxy) is 4. The Balaban J connectivity index is 1.38. The molecular weight excluding hydrogens is 476 g/mol. The topological polar surface area (TPSA) is 120 Å². The molecular formula is C24H28N2O8S. The summed E-state index contributed by atoms with van der Waals surface area (Å²) in [4.78, 5) is 24.9.